The molecule has 2 atom stereocenters. The number of rotatable bonds is 5. The molecule has 7 nitrogen and oxygen atoms in total. The number of halogens is 1. The van der Waals surface area contributed by atoms with Gasteiger partial charge in [-0.05, 0) is 25.3 Å². The quantitative estimate of drug-likeness (QED) is 0.772. The van der Waals surface area contributed by atoms with Crippen molar-refractivity contribution >= 4 is 17.3 Å². The monoisotopic (exact) mass is 386 g/mol. The van der Waals surface area contributed by atoms with Gasteiger partial charge in [-0.25, -0.2) is 8.91 Å². The van der Waals surface area contributed by atoms with E-state index in [0.29, 0.717) is 23.3 Å². The van der Waals surface area contributed by atoms with E-state index in [9.17, 15) is 14.0 Å². The third kappa shape index (κ3) is 3.34. The van der Waals surface area contributed by atoms with Crippen LogP contribution in [0.3, 0.4) is 0 Å². The SMILES string of the molecule is COc1ccn2ncc(C(=O)N[C@@H]3CCC[C@H]3NC(=O)C3(F)CC=CC3)c2c1. The normalized spacial score (nSPS) is 23.1. The molecule has 4 rings (SSSR count). The zero-order valence-electron chi connectivity index (χ0n) is 15.7. The van der Waals surface area contributed by atoms with E-state index in [0.717, 1.165) is 12.8 Å². The fourth-order valence-corrected chi connectivity index (χ4v) is 3.92. The first-order valence-corrected chi connectivity index (χ1v) is 9.47. The second kappa shape index (κ2) is 7.26. The Bertz CT molecular complexity index is 931. The average Bonchev–Trinajstić information content (AvgIpc) is 3.42. The van der Waals surface area contributed by atoms with E-state index >= 15 is 0 Å². The zero-order valence-corrected chi connectivity index (χ0v) is 15.7. The molecular weight excluding hydrogens is 363 g/mol. The Kier molecular flexibility index (Phi) is 4.78. The number of carbonyl (C=O) groups is 2. The molecule has 0 aliphatic heterocycles. The van der Waals surface area contributed by atoms with Crippen molar-refractivity contribution in [3.05, 3.63) is 42.2 Å². The van der Waals surface area contributed by atoms with Gasteiger partial charge in [-0.1, -0.05) is 12.2 Å². The molecule has 148 valence electrons. The summed E-state index contributed by atoms with van der Waals surface area (Å²) in [6.07, 6.45) is 9.11. The minimum absolute atomic E-state index is 0.104. The Morgan fingerprint density at radius 2 is 1.96 bits per heavy atom. The second-order valence-electron chi connectivity index (χ2n) is 7.39. The highest BCUT2D eigenvalue weighted by Crippen LogP contribution is 2.29. The number of methoxy groups -OCH3 is 1. The number of allylic oxidation sites excluding steroid dienone is 2. The van der Waals surface area contributed by atoms with Crippen LogP contribution in [-0.4, -0.2) is 46.3 Å². The summed E-state index contributed by atoms with van der Waals surface area (Å²) in [5, 5.41) is 9.98. The van der Waals surface area contributed by atoms with Crippen molar-refractivity contribution in [3.63, 3.8) is 0 Å². The maximum Gasteiger partial charge on any atom is 0.258 e. The third-order valence-corrected chi connectivity index (χ3v) is 5.58. The van der Waals surface area contributed by atoms with Crippen LogP contribution in [0.5, 0.6) is 5.75 Å². The van der Waals surface area contributed by atoms with Crippen LogP contribution in [-0.2, 0) is 4.79 Å². The van der Waals surface area contributed by atoms with Crippen molar-refractivity contribution in [2.75, 3.05) is 7.11 Å². The molecule has 0 spiro atoms. The van der Waals surface area contributed by atoms with Crippen molar-refractivity contribution in [3.8, 4) is 5.75 Å². The molecule has 1 saturated carbocycles. The molecule has 2 aliphatic rings. The first kappa shape index (κ1) is 18.5. The lowest BCUT2D eigenvalue weighted by molar-refractivity contribution is -0.133. The van der Waals surface area contributed by atoms with E-state index in [1.165, 1.54) is 6.20 Å². The van der Waals surface area contributed by atoms with E-state index in [2.05, 4.69) is 15.7 Å². The number of pyridine rings is 1. The predicted molar refractivity (Wildman–Crippen MR) is 101 cm³/mol. The van der Waals surface area contributed by atoms with Crippen molar-refractivity contribution < 1.29 is 18.7 Å². The lowest BCUT2D eigenvalue weighted by Crippen LogP contribution is -2.53. The first-order valence-electron chi connectivity index (χ1n) is 9.47. The summed E-state index contributed by atoms with van der Waals surface area (Å²) < 4.78 is 21.5. The van der Waals surface area contributed by atoms with E-state index in [4.69, 9.17) is 4.74 Å². The largest absolute Gasteiger partial charge is 0.497 e. The number of nitrogens with zero attached hydrogens (tertiary/aromatic N) is 2. The van der Waals surface area contributed by atoms with Crippen LogP contribution in [0.2, 0.25) is 0 Å². The topological polar surface area (TPSA) is 84.7 Å². The molecule has 2 heterocycles. The Morgan fingerprint density at radius 1 is 1.25 bits per heavy atom. The standard InChI is InChI=1S/C20H23FN4O3/c1-28-13-7-10-25-17(11-13)14(12-22-25)18(26)23-15-5-4-6-16(15)24-19(27)20(21)8-2-3-9-20/h2-3,7,10-12,15-16H,4-6,8-9H2,1H3,(H,23,26)(H,24,27)/t15-,16-/m1/s1. The molecule has 2 aromatic rings. The van der Waals surface area contributed by atoms with Crippen LogP contribution in [0, 0.1) is 0 Å². The van der Waals surface area contributed by atoms with Gasteiger partial charge in [0.05, 0.1) is 24.4 Å². The predicted octanol–water partition coefficient (Wildman–Crippen LogP) is 2.17. The van der Waals surface area contributed by atoms with Crippen molar-refractivity contribution in [2.45, 2.75) is 49.9 Å². The van der Waals surface area contributed by atoms with Gasteiger partial charge in [0.25, 0.3) is 11.8 Å². The van der Waals surface area contributed by atoms with Gasteiger partial charge in [-0.15, -0.1) is 0 Å². The Balaban J connectivity index is 1.46. The molecule has 2 aliphatic carbocycles. The van der Waals surface area contributed by atoms with Crippen molar-refractivity contribution in [1.82, 2.24) is 20.2 Å². The Morgan fingerprint density at radius 3 is 2.68 bits per heavy atom. The fraction of sp³-hybridized carbons (Fsp3) is 0.450. The number of ether oxygens (including phenoxy) is 1. The summed E-state index contributed by atoms with van der Waals surface area (Å²) in [6, 6.07) is 2.99. The van der Waals surface area contributed by atoms with E-state index in [1.807, 2.05) is 0 Å². The fourth-order valence-electron chi connectivity index (χ4n) is 3.92. The highest BCUT2D eigenvalue weighted by atomic mass is 19.1. The highest BCUT2D eigenvalue weighted by molar-refractivity contribution is 6.01. The molecule has 8 heteroatoms. The number of hydrogen-bond donors (Lipinski definition) is 2. The van der Waals surface area contributed by atoms with Gasteiger partial charge < -0.3 is 15.4 Å². The molecule has 0 bridgehead atoms. The number of nitrogens with one attached hydrogen (secondary N) is 2. The van der Waals surface area contributed by atoms with E-state index < -0.39 is 11.6 Å². The Hall–Kier alpha value is -2.90. The lowest BCUT2D eigenvalue weighted by Gasteiger charge is -2.26. The smallest absolute Gasteiger partial charge is 0.258 e. The van der Waals surface area contributed by atoms with Crippen LogP contribution in [0.15, 0.2) is 36.7 Å². The maximum atomic E-state index is 14.6. The molecule has 1 fully saturated rings. The number of carbonyl (C=O) groups excluding carboxylic acids is 2. The van der Waals surface area contributed by atoms with Gasteiger partial charge in [0, 0.05) is 37.2 Å². The minimum atomic E-state index is -1.86. The summed E-state index contributed by atoms with van der Waals surface area (Å²) in [4.78, 5) is 25.2. The van der Waals surface area contributed by atoms with Gasteiger partial charge in [0.2, 0.25) is 0 Å². The summed E-state index contributed by atoms with van der Waals surface area (Å²) in [7, 11) is 1.56. The highest BCUT2D eigenvalue weighted by Gasteiger charge is 2.41. The van der Waals surface area contributed by atoms with Crippen LogP contribution in [0.4, 0.5) is 4.39 Å². The molecule has 2 N–H and O–H groups in total. The summed E-state index contributed by atoms with van der Waals surface area (Å²) in [5.41, 5.74) is -0.802. The molecule has 0 radical (unpaired) electrons. The number of fused-ring (bicyclic) bond motifs is 1. The molecule has 2 amide bonds. The number of hydrogen-bond acceptors (Lipinski definition) is 4. The third-order valence-electron chi connectivity index (χ3n) is 5.58. The number of aromatic nitrogens is 2. The summed E-state index contributed by atoms with van der Waals surface area (Å²) in [5.74, 6) is -0.234. The first-order chi connectivity index (χ1) is 13.5. The summed E-state index contributed by atoms with van der Waals surface area (Å²) in [6.45, 7) is 0. The van der Waals surface area contributed by atoms with Gasteiger partial charge in [-0.3, -0.25) is 9.59 Å². The van der Waals surface area contributed by atoms with Crippen molar-refractivity contribution in [1.29, 1.82) is 0 Å². The molecule has 0 saturated heterocycles. The second-order valence-corrected chi connectivity index (χ2v) is 7.39. The van der Waals surface area contributed by atoms with Gasteiger partial charge in [-0.2, -0.15) is 5.10 Å². The van der Waals surface area contributed by atoms with Gasteiger partial charge >= 0.3 is 0 Å². The summed E-state index contributed by atoms with van der Waals surface area (Å²) >= 11 is 0. The van der Waals surface area contributed by atoms with Gasteiger partial charge in [0.15, 0.2) is 5.67 Å². The van der Waals surface area contributed by atoms with E-state index in [1.54, 1.807) is 42.1 Å². The average molecular weight is 386 g/mol. The molecule has 0 unspecified atom stereocenters. The molecule has 2 aromatic heterocycles. The number of amides is 2. The molecular formula is C20H23FN4O3. The molecule has 0 aromatic carbocycles. The minimum Gasteiger partial charge on any atom is -0.497 e. The van der Waals surface area contributed by atoms with Gasteiger partial charge in [0.1, 0.15) is 5.75 Å². The lowest BCUT2D eigenvalue weighted by atomic mass is 10.0. The van der Waals surface area contributed by atoms with Crippen LogP contribution < -0.4 is 15.4 Å². The zero-order chi connectivity index (χ0) is 19.7. The van der Waals surface area contributed by atoms with E-state index in [-0.39, 0.29) is 30.8 Å². The van der Waals surface area contributed by atoms with Crippen LogP contribution >= 0.6 is 0 Å². The van der Waals surface area contributed by atoms with Crippen LogP contribution in [0.1, 0.15) is 42.5 Å². The number of alkyl halides is 1. The molecule has 28 heavy (non-hydrogen) atoms. The van der Waals surface area contributed by atoms with Crippen LogP contribution in [0.25, 0.3) is 5.52 Å². The van der Waals surface area contributed by atoms with Crippen molar-refractivity contribution in [2.24, 2.45) is 0 Å². The maximum absolute atomic E-state index is 14.6. The Labute approximate surface area is 161 Å².